The Morgan fingerprint density at radius 2 is 2.07 bits per heavy atom. The lowest BCUT2D eigenvalue weighted by molar-refractivity contribution is -0.384. The molecule has 0 saturated carbocycles. The molecule has 0 aliphatic carbocycles. The number of hydrogen-bond acceptors (Lipinski definition) is 6. The van der Waals surface area contributed by atoms with E-state index >= 15 is 0 Å². The quantitative estimate of drug-likeness (QED) is 0.439. The van der Waals surface area contributed by atoms with Crippen LogP contribution in [0.5, 0.6) is 11.5 Å². The maximum atomic E-state index is 11.1. The van der Waals surface area contributed by atoms with E-state index in [9.17, 15) is 10.1 Å². The summed E-state index contributed by atoms with van der Waals surface area (Å²) in [6, 6.07) is 8.42. The highest BCUT2D eigenvalue weighted by Gasteiger charge is 2.27. The van der Waals surface area contributed by atoms with Crippen LogP contribution in [0, 0.1) is 10.1 Å². The molecule has 0 saturated heterocycles. The van der Waals surface area contributed by atoms with Gasteiger partial charge >= 0.3 is 0 Å². The maximum Gasteiger partial charge on any atom is 0.287 e. The lowest BCUT2D eigenvalue weighted by Gasteiger charge is -2.19. The Morgan fingerprint density at radius 1 is 1.33 bits per heavy atom. The number of rotatable bonds is 3. The molecule has 0 fully saturated rings. The van der Waals surface area contributed by atoms with Gasteiger partial charge in [0.25, 0.3) is 5.69 Å². The summed E-state index contributed by atoms with van der Waals surface area (Å²) in [5.41, 5.74) is 4.49. The van der Waals surface area contributed by atoms with Crippen molar-refractivity contribution in [1.29, 1.82) is 0 Å². The summed E-state index contributed by atoms with van der Waals surface area (Å²) in [5, 5.41) is 17.5. The first-order valence-electron chi connectivity index (χ1n) is 8.17. The third-order valence-corrected chi connectivity index (χ3v) is 5.08. The molecule has 27 heavy (non-hydrogen) atoms. The molecule has 9 heteroatoms. The SMILES string of the molecule is C[C@@H]1Cc2cc3c(cc2C(c2ccc([N+](=O)[O-])c(Cl)c2)=NN1C=S)OCO3. The number of hydrogen-bond donors (Lipinski definition) is 0. The van der Waals surface area contributed by atoms with Gasteiger partial charge in [0.15, 0.2) is 11.5 Å². The van der Waals surface area contributed by atoms with Crippen LogP contribution in [0.2, 0.25) is 5.02 Å². The Hall–Kier alpha value is -2.71. The van der Waals surface area contributed by atoms with Gasteiger partial charge in [-0.3, -0.25) is 15.1 Å². The van der Waals surface area contributed by atoms with Crippen LogP contribution in [0.4, 0.5) is 5.69 Å². The van der Waals surface area contributed by atoms with Gasteiger partial charge in [-0.05, 0) is 43.2 Å². The van der Waals surface area contributed by atoms with Gasteiger partial charge in [-0.25, -0.2) is 0 Å². The van der Waals surface area contributed by atoms with Crippen molar-refractivity contribution in [2.75, 3.05) is 6.79 Å². The van der Waals surface area contributed by atoms with Crippen molar-refractivity contribution in [2.45, 2.75) is 19.4 Å². The first kappa shape index (κ1) is 17.7. The molecular formula is C18H14ClN3O4S. The average Bonchev–Trinajstić information content (AvgIpc) is 3.03. The zero-order valence-corrected chi connectivity index (χ0v) is 15.8. The fraction of sp³-hybridized carbons (Fsp3) is 0.222. The first-order valence-corrected chi connectivity index (χ1v) is 9.02. The van der Waals surface area contributed by atoms with Gasteiger partial charge in [-0.2, -0.15) is 5.10 Å². The van der Waals surface area contributed by atoms with Crippen LogP contribution < -0.4 is 9.47 Å². The van der Waals surface area contributed by atoms with Crippen LogP contribution >= 0.6 is 23.8 Å². The molecule has 0 bridgehead atoms. The summed E-state index contributed by atoms with van der Waals surface area (Å²) < 4.78 is 11.0. The van der Waals surface area contributed by atoms with E-state index < -0.39 is 4.92 Å². The van der Waals surface area contributed by atoms with Crippen molar-refractivity contribution in [2.24, 2.45) is 5.10 Å². The van der Waals surface area contributed by atoms with E-state index in [0.717, 1.165) is 11.1 Å². The van der Waals surface area contributed by atoms with Crippen LogP contribution in [0.25, 0.3) is 0 Å². The summed E-state index contributed by atoms with van der Waals surface area (Å²) in [5.74, 6) is 1.33. The topological polar surface area (TPSA) is 77.2 Å². The lowest BCUT2D eigenvalue weighted by atomic mass is 9.94. The number of benzene rings is 2. The molecular weight excluding hydrogens is 390 g/mol. The van der Waals surface area contributed by atoms with E-state index in [4.69, 9.17) is 38.4 Å². The van der Waals surface area contributed by atoms with E-state index in [2.05, 4.69) is 0 Å². The Bertz CT molecular complexity index is 995. The molecule has 0 aromatic heterocycles. The fourth-order valence-corrected chi connectivity index (χ4v) is 3.70. The molecule has 2 aliphatic heterocycles. The van der Waals surface area contributed by atoms with Crippen molar-refractivity contribution in [3.8, 4) is 11.5 Å². The molecule has 2 heterocycles. The molecule has 2 aromatic carbocycles. The molecule has 138 valence electrons. The highest BCUT2D eigenvalue weighted by Crippen LogP contribution is 2.38. The van der Waals surface area contributed by atoms with Crippen molar-refractivity contribution in [1.82, 2.24) is 5.01 Å². The fourth-order valence-electron chi connectivity index (χ4n) is 3.20. The number of hydrazone groups is 1. The molecule has 0 N–H and O–H groups in total. The smallest absolute Gasteiger partial charge is 0.287 e. The number of nitrogens with zero attached hydrogens (tertiary/aromatic N) is 3. The second kappa shape index (κ2) is 6.79. The minimum Gasteiger partial charge on any atom is -0.454 e. The molecule has 0 unspecified atom stereocenters. The summed E-state index contributed by atoms with van der Waals surface area (Å²) in [6.07, 6.45) is 0.701. The van der Waals surface area contributed by atoms with Crippen LogP contribution in [-0.2, 0) is 6.42 Å². The number of halogens is 1. The largest absolute Gasteiger partial charge is 0.454 e. The first-order chi connectivity index (χ1) is 13.0. The molecule has 7 nitrogen and oxygen atoms in total. The van der Waals surface area contributed by atoms with Crippen molar-refractivity contribution in [3.05, 3.63) is 62.2 Å². The van der Waals surface area contributed by atoms with Gasteiger partial charge in [0, 0.05) is 17.2 Å². The minimum absolute atomic E-state index is 0.0349. The van der Waals surface area contributed by atoms with Crippen LogP contribution in [0.1, 0.15) is 23.6 Å². The number of thiocarbonyl (C=S) groups is 1. The molecule has 0 spiro atoms. The summed E-state index contributed by atoms with van der Waals surface area (Å²) in [4.78, 5) is 10.6. The average molecular weight is 404 g/mol. The zero-order chi connectivity index (χ0) is 19.1. The normalized spacial score (nSPS) is 17.8. The van der Waals surface area contributed by atoms with Gasteiger partial charge in [0.05, 0.1) is 22.2 Å². The van der Waals surface area contributed by atoms with Crippen LogP contribution in [0.15, 0.2) is 35.4 Å². The zero-order valence-electron chi connectivity index (χ0n) is 14.2. The van der Waals surface area contributed by atoms with E-state index in [0.29, 0.717) is 29.2 Å². The Balaban J connectivity index is 1.91. The maximum absolute atomic E-state index is 11.1. The van der Waals surface area contributed by atoms with E-state index in [1.54, 1.807) is 17.1 Å². The van der Waals surface area contributed by atoms with Crippen molar-refractivity contribution in [3.63, 3.8) is 0 Å². The van der Waals surface area contributed by atoms with E-state index in [1.165, 1.54) is 11.6 Å². The highest BCUT2D eigenvalue weighted by molar-refractivity contribution is 7.78. The Morgan fingerprint density at radius 3 is 2.74 bits per heavy atom. The molecule has 1 atom stereocenters. The minimum atomic E-state index is -0.515. The summed E-state index contributed by atoms with van der Waals surface area (Å²) in [6.45, 7) is 2.20. The predicted molar refractivity (Wildman–Crippen MR) is 105 cm³/mol. The molecule has 2 aromatic rings. The number of fused-ring (bicyclic) bond motifs is 2. The van der Waals surface area contributed by atoms with E-state index in [-0.39, 0.29) is 23.5 Å². The molecule has 2 aliphatic rings. The van der Waals surface area contributed by atoms with Crippen LogP contribution in [-0.4, -0.2) is 34.0 Å². The van der Waals surface area contributed by atoms with Gasteiger partial charge in [0.1, 0.15) is 5.02 Å². The number of ether oxygens (including phenoxy) is 2. The van der Waals surface area contributed by atoms with Gasteiger partial charge in [-0.15, -0.1) is 0 Å². The summed E-state index contributed by atoms with van der Waals surface area (Å²) in [7, 11) is 0. The second-order valence-electron chi connectivity index (χ2n) is 6.27. The monoisotopic (exact) mass is 403 g/mol. The standard InChI is InChI=1S/C18H14ClN3O4S/c1-10-4-12-6-16-17(26-9-25-16)7-13(12)18(20-21(10)8-27)11-2-3-15(22(23)24)14(19)5-11/h2-3,5-8,10H,4,9H2,1H3/t10-/m1/s1. The highest BCUT2D eigenvalue weighted by atomic mass is 35.5. The molecule has 4 rings (SSSR count). The van der Waals surface area contributed by atoms with Gasteiger partial charge < -0.3 is 9.47 Å². The Labute approximate surface area is 165 Å². The summed E-state index contributed by atoms with van der Waals surface area (Å²) >= 11 is 11.2. The van der Waals surface area contributed by atoms with Crippen molar-refractivity contribution < 1.29 is 14.4 Å². The third-order valence-electron chi connectivity index (χ3n) is 4.56. The van der Waals surface area contributed by atoms with Crippen LogP contribution in [0.3, 0.4) is 0 Å². The van der Waals surface area contributed by atoms with Crippen molar-refractivity contribution >= 4 is 40.7 Å². The predicted octanol–water partition coefficient (Wildman–Crippen LogP) is 3.93. The van der Waals surface area contributed by atoms with Gasteiger partial charge in [0.2, 0.25) is 6.79 Å². The number of nitro groups is 1. The second-order valence-corrected chi connectivity index (χ2v) is 6.89. The molecule has 0 radical (unpaired) electrons. The Kier molecular flexibility index (Phi) is 4.45. The third kappa shape index (κ3) is 3.11. The van der Waals surface area contributed by atoms with E-state index in [1.807, 2.05) is 19.1 Å². The number of nitro benzene ring substituents is 1. The molecule has 0 amide bonds. The van der Waals surface area contributed by atoms with Gasteiger partial charge in [-0.1, -0.05) is 23.8 Å². The lowest BCUT2D eigenvalue weighted by Crippen LogP contribution is -2.27.